The van der Waals surface area contributed by atoms with E-state index >= 15 is 0 Å². The molecule has 1 rings (SSSR count). The van der Waals surface area contributed by atoms with Gasteiger partial charge < -0.3 is 19.9 Å². The van der Waals surface area contributed by atoms with Crippen LogP contribution in [0.3, 0.4) is 0 Å². The van der Waals surface area contributed by atoms with Gasteiger partial charge in [-0.3, -0.25) is 0 Å². The molecule has 17 heavy (non-hydrogen) atoms. The summed E-state index contributed by atoms with van der Waals surface area (Å²) < 4.78 is 15.8. The van der Waals surface area contributed by atoms with E-state index < -0.39 is 0 Å². The molecular formula is C13H27NO3. The van der Waals surface area contributed by atoms with Crippen LogP contribution in [0.1, 0.15) is 26.2 Å². The molecule has 1 fully saturated rings. The van der Waals surface area contributed by atoms with Crippen molar-refractivity contribution in [1.82, 2.24) is 0 Å². The van der Waals surface area contributed by atoms with Crippen LogP contribution in [0.15, 0.2) is 0 Å². The van der Waals surface area contributed by atoms with Crippen LogP contribution in [0.25, 0.3) is 0 Å². The van der Waals surface area contributed by atoms with E-state index in [0.29, 0.717) is 26.4 Å². The standard InChI is InChI=1S/C13H27NO3/c1-13(11-14,12-3-4-12)5-6-16-9-10-17-8-7-15-2/h12H,3-11,14H2,1-2H3. The lowest BCUT2D eigenvalue weighted by atomic mass is 9.82. The van der Waals surface area contributed by atoms with Gasteiger partial charge in [0.2, 0.25) is 0 Å². The van der Waals surface area contributed by atoms with Crippen molar-refractivity contribution in [3.63, 3.8) is 0 Å². The fourth-order valence-electron chi connectivity index (χ4n) is 2.02. The van der Waals surface area contributed by atoms with E-state index in [-0.39, 0.29) is 5.41 Å². The van der Waals surface area contributed by atoms with Crippen LogP contribution in [0.2, 0.25) is 0 Å². The Labute approximate surface area is 105 Å². The Hall–Kier alpha value is -0.160. The normalized spacial score (nSPS) is 19.2. The molecule has 1 saturated carbocycles. The molecule has 4 nitrogen and oxygen atoms in total. The molecule has 0 radical (unpaired) electrons. The van der Waals surface area contributed by atoms with Crippen molar-refractivity contribution < 1.29 is 14.2 Å². The van der Waals surface area contributed by atoms with E-state index in [1.165, 1.54) is 12.8 Å². The van der Waals surface area contributed by atoms with Crippen molar-refractivity contribution in [2.45, 2.75) is 26.2 Å². The third-order valence-corrected chi connectivity index (χ3v) is 3.65. The maximum atomic E-state index is 5.85. The number of methoxy groups -OCH3 is 1. The molecule has 1 aliphatic rings. The lowest BCUT2D eigenvalue weighted by Crippen LogP contribution is -2.31. The van der Waals surface area contributed by atoms with Crippen molar-refractivity contribution in [1.29, 1.82) is 0 Å². The van der Waals surface area contributed by atoms with E-state index in [9.17, 15) is 0 Å². The highest BCUT2D eigenvalue weighted by atomic mass is 16.5. The maximum absolute atomic E-state index is 5.85. The molecule has 0 aromatic carbocycles. The van der Waals surface area contributed by atoms with Crippen LogP contribution in [0, 0.1) is 11.3 Å². The number of hydrogen-bond donors (Lipinski definition) is 1. The van der Waals surface area contributed by atoms with Gasteiger partial charge >= 0.3 is 0 Å². The summed E-state index contributed by atoms with van der Waals surface area (Å²) in [5.74, 6) is 0.828. The van der Waals surface area contributed by atoms with Crippen molar-refractivity contribution in [3.05, 3.63) is 0 Å². The SMILES string of the molecule is COCCOCCOCCC(C)(CN)C1CC1. The average Bonchev–Trinajstić information content (AvgIpc) is 3.16. The highest BCUT2D eigenvalue weighted by Gasteiger charge is 2.39. The zero-order chi connectivity index (χ0) is 12.6. The van der Waals surface area contributed by atoms with Gasteiger partial charge in [-0.05, 0) is 37.1 Å². The molecule has 1 atom stereocenters. The number of nitrogens with two attached hydrogens (primary N) is 1. The molecule has 1 unspecified atom stereocenters. The molecule has 0 heterocycles. The van der Waals surface area contributed by atoms with Gasteiger partial charge in [0.15, 0.2) is 0 Å². The van der Waals surface area contributed by atoms with Gasteiger partial charge in [-0.2, -0.15) is 0 Å². The first-order valence-electron chi connectivity index (χ1n) is 6.57. The summed E-state index contributed by atoms with van der Waals surface area (Å²) in [4.78, 5) is 0. The Morgan fingerprint density at radius 3 is 2.18 bits per heavy atom. The fraction of sp³-hybridized carbons (Fsp3) is 1.00. The van der Waals surface area contributed by atoms with Crippen molar-refractivity contribution in [3.8, 4) is 0 Å². The number of rotatable bonds is 11. The summed E-state index contributed by atoms with van der Waals surface area (Å²) in [6, 6.07) is 0. The summed E-state index contributed by atoms with van der Waals surface area (Å²) in [6.07, 6.45) is 3.74. The maximum Gasteiger partial charge on any atom is 0.0701 e. The van der Waals surface area contributed by atoms with E-state index in [2.05, 4.69) is 6.92 Å². The quantitative estimate of drug-likeness (QED) is 0.560. The Bertz CT molecular complexity index is 197. The van der Waals surface area contributed by atoms with Gasteiger partial charge in [-0.25, -0.2) is 0 Å². The zero-order valence-corrected chi connectivity index (χ0v) is 11.2. The van der Waals surface area contributed by atoms with Crippen LogP contribution in [-0.2, 0) is 14.2 Å². The van der Waals surface area contributed by atoms with Crippen LogP contribution in [0.5, 0.6) is 0 Å². The number of hydrogen-bond acceptors (Lipinski definition) is 4. The molecule has 4 heteroatoms. The van der Waals surface area contributed by atoms with Crippen LogP contribution < -0.4 is 5.73 Å². The molecular weight excluding hydrogens is 218 g/mol. The Morgan fingerprint density at radius 2 is 1.65 bits per heavy atom. The average molecular weight is 245 g/mol. The molecule has 0 saturated heterocycles. The van der Waals surface area contributed by atoms with Gasteiger partial charge in [-0.15, -0.1) is 0 Å². The van der Waals surface area contributed by atoms with Crippen LogP contribution in [0.4, 0.5) is 0 Å². The van der Waals surface area contributed by atoms with E-state index in [1.807, 2.05) is 0 Å². The minimum atomic E-state index is 0.289. The van der Waals surface area contributed by atoms with Crippen molar-refractivity contribution in [2.75, 3.05) is 46.7 Å². The monoisotopic (exact) mass is 245 g/mol. The van der Waals surface area contributed by atoms with Crippen LogP contribution >= 0.6 is 0 Å². The molecule has 0 aromatic heterocycles. The molecule has 0 amide bonds. The third-order valence-electron chi connectivity index (χ3n) is 3.65. The van der Waals surface area contributed by atoms with Gasteiger partial charge in [-0.1, -0.05) is 6.92 Å². The fourth-order valence-corrected chi connectivity index (χ4v) is 2.02. The Kier molecular flexibility index (Phi) is 7.04. The minimum absolute atomic E-state index is 0.289. The molecule has 2 N–H and O–H groups in total. The third kappa shape index (κ3) is 5.82. The highest BCUT2D eigenvalue weighted by molar-refractivity contribution is 4.91. The molecule has 0 aromatic rings. The summed E-state index contributed by atoms with van der Waals surface area (Å²) in [7, 11) is 1.67. The first-order valence-corrected chi connectivity index (χ1v) is 6.57. The second kappa shape index (κ2) is 8.03. The summed E-state index contributed by atoms with van der Waals surface area (Å²) in [5.41, 5.74) is 6.14. The molecule has 0 aliphatic heterocycles. The predicted octanol–water partition coefficient (Wildman–Crippen LogP) is 1.43. The topological polar surface area (TPSA) is 53.7 Å². The largest absolute Gasteiger partial charge is 0.382 e. The molecule has 0 spiro atoms. The van der Waals surface area contributed by atoms with Gasteiger partial charge in [0, 0.05) is 13.7 Å². The van der Waals surface area contributed by atoms with Gasteiger partial charge in [0.05, 0.1) is 26.4 Å². The van der Waals surface area contributed by atoms with Crippen LogP contribution in [-0.4, -0.2) is 46.7 Å². The second-order valence-electron chi connectivity index (χ2n) is 5.10. The van der Waals surface area contributed by atoms with Gasteiger partial charge in [0.25, 0.3) is 0 Å². The molecule has 0 bridgehead atoms. The smallest absolute Gasteiger partial charge is 0.0701 e. The lowest BCUT2D eigenvalue weighted by molar-refractivity contribution is 0.0165. The predicted molar refractivity (Wildman–Crippen MR) is 68.0 cm³/mol. The number of ether oxygens (including phenoxy) is 3. The van der Waals surface area contributed by atoms with E-state index in [1.54, 1.807) is 7.11 Å². The van der Waals surface area contributed by atoms with Gasteiger partial charge in [0.1, 0.15) is 0 Å². The zero-order valence-electron chi connectivity index (χ0n) is 11.2. The molecule has 102 valence electrons. The van der Waals surface area contributed by atoms with E-state index in [4.69, 9.17) is 19.9 Å². The second-order valence-corrected chi connectivity index (χ2v) is 5.10. The first kappa shape index (κ1) is 14.9. The Morgan fingerprint density at radius 1 is 1.06 bits per heavy atom. The highest BCUT2D eigenvalue weighted by Crippen LogP contribution is 2.46. The van der Waals surface area contributed by atoms with Crippen molar-refractivity contribution >= 4 is 0 Å². The first-order chi connectivity index (χ1) is 8.23. The minimum Gasteiger partial charge on any atom is -0.382 e. The summed E-state index contributed by atoms with van der Waals surface area (Å²) in [6.45, 7) is 6.43. The van der Waals surface area contributed by atoms with Crippen molar-refractivity contribution in [2.24, 2.45) is 17.1 Å². The summed E-state index contributed by atoms with van der Waals surface area (Å²) >= 11 is 0. The molecule has 1 aliphatic carbocycles. The van der Waals surface area contributed by atoms with E-state index in [0.717, 1.165) is 25.5 Å². The lowest BCUT2D eigenvalue weighted by Gasteiger charge is -2.27. The Balaban J connectivity index is 1.92. The summed E-state index contributed by atoms with van der Waals surface area (Å²) in [5, 5.41) is 0.